The zero-order valence-electron chi connectivity index (χ0n) is 15.0. The summed E-state index contributed by atoms with van der Waals surface area (Å²) in [5, 5.41) is 3.95. The third-order valence-corrected chi connectivity index (χ3v) is 7.43. The highest BCUT2D eigenvalue weighted by Crippen LogP contribution is 2.27. The first-order chi connectivity index (χ1) is 13.9. The molecule has 29 heavy (non-hydrogen) atoms. The molecule has 3 rings (SSSR count). The van der Waals surface area contributed by atoms with Crippen LogP contribution in [0.3, 0.4) is 0 Å². The minimum Gasteiger partial charge on any atom is -0.321 e. The lowest BCUT2D eigenvalue weighted by Crippen LogP contribution is -2.14. The van der Waals surface area contributed by atoms with Gasteiger partial charge in [-0.25, -0.2) is 13.4 Å². The topological polar surface area (TPSA) is 76.1 Å². The normalized spacial score (nSPS) is 11.2. The van der Waals surface area contributed by atoms with Crippen LogP contribution in [0.25, 0.3) is 0 Å². The summed E-state index contributed by atoms with van der Waals surface area (Å²) in [4.78, 5) is 17.2. The SMILES string of the molecule is O=C(Nc1ccc(Cl)cc1Cl)c1cccnc1SCCS(=O)(=O)c1ccccc1. The Balaban J connectivity index is 1.69. The molecule has 0 aliphatic heterocycles. The maximum Gasteiger partial charge on any atom is 0.258 e. The van der Waals surface area contributed by atoms with Gasteiger partial charge in [-0.1, -0.05) is 41.4 Å². The van der Waals surface area contributed by atoms with Gasteiger partial charge in [0.1, 0.15) is 5.03 Å². The highest BCUT2D eigenvalue weighted by molar-refractivity contribution is 8.00. The number of amides is 1. The van der Waals surface area contributed by atoms with E-state index < -0.39 is 15.7 Å². The maximum absolute atomic E-state index is 12.7. The van der Waals surface area contributed by atoms with Crippen molar-refractivity contribution in [1.29, 1.82) is 0 Å². The van der Waals surface area contributed by atoms with E-state index in [0.717, 1.165) is 0 Å². The van der Waals surface area contributed by atoms with Gasteiger partial charge in [0.25, 0.3) is 5.91 Å². The second-order valence-corrected chi connectivity index (χ2v) is 9.95. The molecule has 0 radical (unpaired) electrons. The zero-order valence-corrected chi connectivity index (χ0v) is 18.2. The van der Waals surface area contributed by atoms with E-state index in [1.807, 2.05) is 0 Å². The zero-order chi connectivity index (χ0) is 20.9. The smallest absolute Gasteiger partial charge is 0.258 e. The summed E-state index contributed by atoms with van der Waals surface area (Å²) >= 11 is 13.2. The van der Waals surface area contributed by atoms with Gasteiger partial charge in [0.2, 0.25) is 0 Å². The van der Waals surface area contributed by atoms with Crippen LogP contribution in [0.5, 0.6) is 0 Å². The number of halogens is 2. The number of anilines is 1. The van der Waals surface area contributed by atoms with Crippen molar-refractivity contribution in [2.75, 3.05) is 16.8 Å². The Bertz CT molecular complexity index is 1120. The van der Waals surface area contributed by atoms with E-state index in [9.17, 15) is 13.2 Å². The van der Waals surface area contributed by atoms with E-state index in [1.54, 1.807) is 60.8 Å². The Morgan fingerprint density at radius 2 is 1.79 bits per heavy atom. The Hall–Kier alpha value is -2.06. The largest absolute Gasteiger partial charge is 0.321 e. The molecule has 0 saturated carbocycles. The molecule has 1 N–H and O–H groups in total. The van der Waals surface area contributed by atoms with Crippen molar-refractivity contribution in [2.45, 2.75) is 9.92 Å². The predicted octanol–water partition coefficient (Wildman–Crippen LogP) is 5.21. The number of carbonyl (C=O) groups excluding carboxylic acids is 1. The number of thioether (sulfide) groups is 1. The molecule has 0 saturated heterocycles. The van der Waals surface area contributed by atoms with Gasteiger partial charge < -0.3 is 5.32 Å². The molecule has 3 aromatic rings. The van der Waals surface area contributed by atoms with Crippen molar-refractivity contribution < 1.29 is 13.2 Å². The fraction of sp³-hybridized carbons (Fsp3) is 0.100. The van der Waals surface area contributed by atoms with Gasteiger partial charge in [-0.05, 0) is 42.5 Å². The molecule has 5 nitrogen and oxygen atoms in total. The predicted molar refractivity (Wildman–Crippen MR) is 118 cm³/mol. The second kappa shape index (κ2) is 9.63. The number of carbonyl (C=O) groups is 1. The molecule has 0 bridgehead atoms. The van der Waals surface area contributed by atoms with Gasteiger partial charge in [-0.3, -0.25) is 4.79 Å². The van der Waals surface area contributed by atoms with Crippen LogP contribution in [-0.2, 0) is 9.84 Å². The van der Waals surface area contributed by atoms with E-state index in [2.05, 4.69) is 10.3 Å². The van der Waals surface area contributed by atoms with Crippen LogP contribution in [0.2, 0.25) is 10.0 Å². The summed E-state index contributed by atoms with van der Waals surface area (Å²) in [6.45, 7) is 0. The first-order valence-electron chi connectivity index (χ1n) is 8.49. The number of hydrogen-bond acceptors (Lipinski definition) is 5. The van der Waals surface area contributed by atoms with Crippen LogP contribution in [0.15, 0.2) is 76.8 Å². The van der Waals surface area contributed by atoms with Crippen molar-refractivity contribution >= 4 is 56.4 Å². The van der Waals surface area contributed by atoms with E-state index in [1.165, 1.54) is 17.8 Å². The Morgan fingerprint density at radius 3 is 2.52 bits per heavy atom. The average Bonchev–Trinajstić information content (AvgIpc) is 2.71. The molecular formula is C20H16Cl2N2O3S2. The summed E-state index contributed by atoms with van der Waals surface area (Å²) in [5.74, 6) is -0.200. The first-order valence-corrected chi connectivity index (χ1v) is 11.9. The molecule has 1 aromatic heterocycles. The molecule has 0 aliphatic carbocycles. The van der Waals surface area contributed by atoms with E-state index in [0.29, 0.717) is 26.3 Å². The minimum atomic E-state index is -3.40. The van der Waals surface area contributed by atoms with E-state index >= 15 is 0 Å². The number of sulfone groups is 1. The van der Waals surface area contributed by atoms with Crippen LogP contribution in [0, 0.1) is 0 Å². The second-order valence-electron chi connectivity index (χ2n) is 5.91. The van der Waals surface area contributed by atoms with Crippen LogP contribution in [0.4, 0.5) is 5.69 Å². The average molecular weight is 467 g/mol. The first kappa shape index (κ1) is 21.6. The number of nitrogens with one attached hydrogen (secondary N) is 1. The third-order valence-electron chi connectivity index (χ3n) is 3.89. The van der Waals surface area contributed by atoms with Gasteiger partial charge in [0, 0.05) is 17.0 Å². The fourth-order valence-electron chi connectivity index (χ4n) is 2.45. The van der Waals surface area contributed by atoms with Gasteiger partial charge >= 0.3 is 0 Å². The number of aromatic nitrogens is 1. The Kier molecular flexibility index (Phi) is 7.18. The van der Waals surface area contributed by atoms with Crippen molar-refractivity contribution in [2.24, 2.45) is 0 Å². The summed E-state index contributed by atoms with van der Waals surface area (Å²) in [5.41, 5.74) is 0.758. The summed E-state index contributed by atoms with van der Waals surface area (Å²) in [7, 11) is -3.40. The van der Waals surface area contributed by atoms with Gasteiger partial charge in [0.15, 0.2) is 9.84 Å². The van der Waals surface area contributed by atoms with Crippen LogP contribution in [0.1, 0.15) is 10.4 Å². The lowest BCUT2D eigenvalue weighted by Gasteiger charge is -2.10. The molecule has 1 heterocycles. The Labute approximate surface area is 183 Å². The lowest BCUT2D eigenvalue weighted by molar-refractivity contribution is 0.102. The molecule has 0 atom stereocenters. The third kappa shape index (κ3) is 5.73. The summed E-state index contributed by atoms with van der Waals surface area (Å²) in [6.07, 6.45) is 1.56. The van der Waals surface area contributed by atoms with Crippen molar-refractivity contribution in [1.82, 2.24) is 4.98 Å². The quantitative estimate of drug-likeness (QED) is 0.483. The van der Waals surface area contributed by atoms with Crippen LogP contribution in [-0.4, -0.2) is 30.8 Å². The molecular weight excluding hydrogens is 451 g/mol. The van der Waals surface area contributed by atoms with Crippen molar-refractivity contribution in [3.63, 3.8) is 0 Å². The number of hydrogen-bond donors (Lipinski definition) is 1. The fourth-order valence-corrected chi connectivity index (χ4v) is 5.57. The monoisotopic (exact) mass is 466 g/mol. The highest BCUT2D eigenvalue weighted by atomic mass is 35.5. The van der Waals surface area contributed by atoms with E-state index in [-0.39, 0.29) is 16.4 Å². The van der Waals surface area contributed by atoms with Crippen LogP contribution >= 0.6 is 35.0 Å². The van der Waals surface area contributed by atoms with Crippen LogP contribution < -0.4 is 5.32 Å². The molecule has 2 aromatic carbocycles. The highest BCUT2D eigenvalue weighted by Gasteiger charge is 2.17. The molecule has 150 valence electrons. The number of benzene rings is 2. The molecule has 0 spiro atoms. The summed E-state index contributed by atoms with van der Waals surface area (Å²) in [6, 6.07) is 16.3. The number of pyridine rings is 1. The molecule has 0 fully saturated rings. The maximum atomic E-state index is 12.7. The molecule has 9 heteroatoms. The number of rotatable bonds is 7. The molecule has 1 amide bonds. The number of nitrogens with zero attached hydrogens (tertiary/aromatic N) is 1. The van der Waals surface area contributed by atoms with Gasteiger partial charge in [0.05, 0.1) is 26.9 Å². The molecule has 0 unspecified atom stereocenters. The van der Waals surface area contributed by atoms with E-state index in [4.69, 9.17) is 23.2 Å². The lowest BCUT2D eigenvalue weighted by atomic mass is 10.2. The summed E-state index contributed by atoms with van der Waals surface area (Å²) < 4.78 is 24.8. The minimum absolute atomic E-state index is 0.0671. The van der Waals surface area contributed by atoms with Gasteiger partial charge in [-0.2, -0.15) is 0 Å². The Morgan fingerprint density at radius 1 is 1.03 bits per heavy atom. The standard InChI is InChI=1S/C20H16Cl2N2O3S2/c21-14-8-9-18(17(22)13-14)24-19(25)16-7-4-10-23-20(16)28-11-12-29(26,27)15-5-2-1-3-6-15/h1-10,13H,11-12H2,(H,24,25). The van der Waals surface area contributed by atoms with Gasteiger partial charge in [-0.15, -0.1) is 11.8 Å². The molecule has 0 aliphatic rings. The van der Waals surface area contributed by atoms with Crippen molar-refractivity contribution in [3.8, 4) is 0 Å². The van der Waals surface area contributed by atoms with Crippen molar-refractivity contribution in [3.05, 3.63) is 82.5 Å².